The zero-order valence-electron chi connectivity index (χ0n) is 10.8. The van der Waals surface area contributed by atoms with Gasteiger partial charge in [0.2, 0.25) is 0 Å². The molecule has 0 saturated heterocycles. The lowest BCUT2D eigenvalue weighted by Gasteiger charge is -2.10. The molecule has 2 aromatic carbocycles. The second-order valence-electron chi connectivity index (χ2n) is 4.12. The van der Waals surface area contributed by atoms with Gasteiger partial charge >= 0.3 is 0 Å². The van der Waals surface area contributed by atoms with E-state index in [1.165, 1.54) is 0 Å². The number of ether oxygens (including phenoxy) is 1. The third-order valence-electron chi connectivity index (χ3n) is 2.80. The number of benzene rings is 2. The highest BCUT2D eigenvalue weighted by atomic mass is 35.5. The third kappa shape index (κ3) is 3.44. The summed E-state index contributed by atoms with van der Waals surface area (Å²) in [4.78, 5) is 12.1. The van der Waals surface area contributed by atoms with Crippen molar-refractivity contribution in [1.82, 2.24) is 5.32 Å². The second-order valence-corrected chi connectivity index (χ2v) is 4.96. The van der Waals surface area contributed by atoms with Crippen LogP contribution in [-0.4, -0.2) is 13.0 Å². The van der Waals surface area contributed by atoms with E-state index in [2.05, 4.69) is 5.32 Å². The van der Waals surface area contributed by atoms with Crippen molar-refractivity contribution in [2.24, 2.45) is 0 Å². The van der Waals surface area contributed by atoms with E-state index in [1.807, 2.05) is 24.3 Å². The monoisotopic (exact) mass is 309 g/mol. The quantitative estimate of drug-likeness (QED) is 0.929. The number of rotatable bonds is 4. The molecule has 0 bridgehead atoms. The summed E-state index contributed by atoms with van der Waals surface area (Å²) in [6.45, 7) is 0.353. The molecule has 1 amide bonds. The number of para-hydroxylation sites is 1. The van der Waals surface area contributed by atoms with E-state index < -0.39 is 0 Å². The minimum Gasteiger partial charge on any atom is -0.496 e. The van der Waals surface area contributed by atoms with E-state index >= 15 is 0 Å². The van der Waals surface area contributed by atoms with E-state index in [9.17, 15) is 4.79 Å². The summed E-state index contributed by atoms with van der Waals surface area (Å²) in [5, 5.41) is 3.63. The standard InChI is InChI=1S/C15H13Cl2NO2/c1-20-14-5-3-2-4-10(14)9-18-15(19)12-8-11(16)6-7-13(12)17/h2-8H,9H2,1H3,(H,18,19). The molecule has 20 heavy (non-hydrogen) atoms. The topological polar surface area (TPSA) is 38.3 Å². The molecule has 0 spiro atoms. The van der Waals surface area contributed by atoms with Crippen LogP contribution in [0.1, 0.15) is 15.9 Å². The smallest absolute Gasteiger partial charge is 0.253 e. The van der Waals surface area contributed by atoms with Crippen molar-refractivity contribution in [3.63, 3.8) is 0 Å². The van der Waals surface area contributed by atoms with E-state index in [4.69, 9.17) is 27.9 Å². The van der Waals surface area contributed by atoms with Crippen LogP contribution < -0.4 is 10.1 Å². The summed E-state index contributed by atoms with van der Waals surface area (Å²) < 4.78 is 5.23. The van der Waals surface area contributed by atoms with Crippen LogP contribution in [0.4, 0.5) is 0 Å². The first-order valence-electron chi connectivity index (χ1n) is 5.97. The molecule has 0 aliphatic rings. The molecule has 2 aromatic rings. The summed E-state index contributed by atoms with van der Waals surface area (Å²) in [6.07, 6.45) is 0. The highest BCUT2D eigenvalue weighted by molar-refractivity contribution is 6.35. The van der Waals surface area contributed by atoms with Gasteiger partial charge < -0.3 is 10.1 Å². The first kappa shape index (κ1) is 14.7. The normalized spacial score (nSPS) is 10.2. The highest BCUT2D eigenvalue weighted by Gasteiger charge is 2.11. The molecule has 2 rings (SSSR count). The predicted octanol–water partition coefficient (Wildman–Crippen LogP) is 3.93. The second kappa shape index (κ2) is 6.64. The van der Waals surface area contributed by atoms with Gasteiger partial charge in [-0.1, -0.05) is 41.4 Å². The Kier molecular flexibility index (Phi) is 4.88. The molecular weight excluding hydrogens is 297 g/mol. The molecule has 0 saturated carbocycles. The molecule has 0 unspecified atom stereocenters. The molecule has 5 heteroatoms. The first-order chi connectivity index (χ1) is 9.61. The Balaban J connectivity index is 2.11. The lowest BCUT2D eigenvalue weighted by atomic mass is 10.1. The number of amides is 1. The maximum Gasteiger partial charge on any atom is 0.253 e. The van der Waals surface area contributed by atoms with E-state index in [1.54, 1.807) is 25.3 Å². The van der Waals surface area contributed by atoms with Crippen LogP contribution in [0.2, 0.25) is 10.0 Å². The fourth-order valence-corrected chi connectivity index (χ4v) is 2.17. The number of hydrogen-bond donors (Lipinski definition) is 1. The van der Waals surface area contributed by atoms with Crippen LogP contribution in [0, 0.1) is 0 Å². The maximum absolute atomic E-state index is 12.1. The van der Waals surface area contributed by atoms with Crippen LogP contribution in [0.3, 0.4) is 0 Å². The van der Waals surface area contributed by atoms with Gasteiger partial charge in [-0.15, -0.1) is 0 Å². The number of nitrogens with one attached hydrogen (secondary N) is 1. The number of methoxy groups -OCH3 is 1. The molecule has 0 fully saturated rings. The average molecular weight is 310 g/mol. The van der Waals surface area contributed by atoms with Crippen LogP contribution in [-0.2, 0) is 6.54 Å². The Morgan fingerprint density at radius 1 is 1.20 bits per heavy atom. The van der Waals surface area contributed by atoms with Gasteiger partial charge in [-0.3, -0.25) is 4.79 Å². The van der Waals surface area contributed by atoms with Gasteiger partial charge in [-0.2, -0.15) is 0 Å². The highest BCUT2D eigenvalue weighted by Crippen LogP contribution is 2.21. The third-order valence-corrected chi connectivity index (χ3v) is 3.37. The van der Waals surface area contributed by atoms with Gasteiger partial charge in [0.05, 0.1) is 17.7 Å². The summed E-state index contributed by atoms with van der Waals surface area (Å²) in [5.41, 5.74) is 1.25. The number of carbonyl (C=O) groups is 1. The number of hydrogen-bond acceptors (Lipinski definition) is 2. The van der Waals surface area contributed by atoms with Crippen molar-refractivity contribution in [3.05, 3.63) is 63.6 Å². The molecule has 0 aliphatic heterocycles. The summed E-state index contributed by atoms with van der Waals surface area (Å²) in [6, 6.07) is 12.3. The van der Waals surface area contributed by atoms with Crippen LogP contribution in [0.5, 0.6) is 5.75 Å². The summed E-state index contributed by atoms with van der Waals surface area (Å²) >= 11 is 11.9. The molecule has 0 radical (unpaired) electrons. The number of carbonyl (C=O) groups excluding carboxylic acids is 1. The Morgan fingerprint density at radius 2 is 1.95 bits per heavy atom. The van der Waals surface area contributed by atoms with E-state index in [-0.39, 0.29) is 5.91 Å². The summed E-state index contributed by atoms with van der Waals surface area (Å²) in [7, 11) is 1.59. The first-order valence-corrected chi connectivity index (χ1v) is 6.72. The van der Waals surface area contributed by atoms with Gasteiger partial charge in [0, 0.05) is 17.1 Å². The zero-order valence-corrected chi connectivity index (χ0v) is 12.3. The van der Waals surface area contributed by atoms with Crippen LogP contribution >= 0.6 is 23.2 Å². The Labute approximate surface area is 127 Å². The lowest BCUT2D eigenvalue weighted by Crippen LogP contribution is -2.23. The van der Waals surface area contributed by atoms with Crippen LogP contribution in [0.25, 0.3) is 0 Å². The Hall–Kier alpha value is -1.71. The van der Waals surface area contributed by atoms with Gasteiger partial charge in [-0.25, -0.2) is 0 Å². The van der Waals surface area contributed by atoms with Crippen molar-refractivity contribution in [1.29, 1.82) is 0 Å². The Bertz CT molecular complexity index is 629. The fraction of sp³-hybridized carbons (Fsp3) is 0.133. The molecule has 0 atom stereocenters. The Morgan fingerprint density at radius 3 is 2.70 bits per heavy atom. The van der Waals surface area contributed by atoms with Crippen molar-refractivity contribution in [2.45, 2.75) is 6.54 Å². The maximum atomic E-state index is 12.1. The van der Waals surface area contributed by atoms with E-state index in [0.29, 0.717) is 22.2 Å². The molecule has 3 nitrogen and oxygen atoms in total. The average Bonchev–Trinajstić information content (AvgIpc) is 2.47. The minimum absolute atomic E-state index is 0.275. The van der Waals surface area contributed by atoms with Gasteiger partial charge in [-0.05, 0) is 24.3 Å². The predicted molar refractivity (Wildman–Crippen MR) is 80.6 cm³/mol. The van der Waals surface area contributed by atoms with E-state index in [0.717, 1.165) is 11.3 Å². The molecule has 0 heterocycles. The van der Waals surface area contributed by atoms with Gasteiger partial charge in [0.25, 0.3) is 5.91 Å². The van der Waals surface area contributed by atoms with Gasteiger partial charge in [0.15, 0.2) is 0 Å². The fourth-order valence-electron chi connectivity index (χ4n) is 1.79. The van der Waals surface area contributed by atoms with Gasteiger partial charge in [0.1, 0.15) is 5.75 Å². The van der Waals surface area contributed by atoms with Crippen molar-refractivity contribution in [2.75, 3.05) is 7.11 Å². The largest absolute Gasteiger partial charge is 0.496 e. The van der Waals surface area contributed by atoms with Crippen LogP contribution in [0.15, 0.2) is 42.5 Å². The lowest BCUT2D eigenvalue weighted by molar-refractivity contribution is 0.0951. The molecule has 0 aromatic heterocycles. The SMILES string of the molecule is COc1ccccc1CNC(=O)c1cc(Cl)ccc1Cl. The van der Waals surface area contributed by atoms with Crippen molar-refractivity contribution >= 4 is 29.1 Å². The molecular formula is C15H13Cl2NO2. The molecule has 1 N–H and O–H groups in total. The van der Waals surface area contributed by atoms with Crippen molar-refractivity contribution in [3.8, 4) is 5.75 Å². The minimum atomic E-state index is -0.275. The molecule has 104 valence electrons. The number of halogens is 2. The van der Waals surface area contributed by atoms with Crippen molar-refractivity contribution < 1.29 is 9.53 Å². The zero-order chi connectivity index (χ0) is 14.5. The summed E-state index contributed by atoms with van der Waals surface area (Å²) in [5.74, 6) is 0.452. The molecule has 0 aliphatic carbocycles.